The zero-order valence-corrected chi connectivity index (χ0v) is 8.55. The maximum absolute atomic E-state index is 10.9. The number of carbonyl (C=O) groups is 2. The largest absolute Gasteiger partial charge is 0.462 e. The maximum atomic E-state index is 10.9. The Bertz CT molecular complexity index is 226. The van der Waals surface area contributed by atoms with Crippen LogP contribution in [0.3, 0.4) is 0 Å². The molecule has 2 amide bonds. The van der Waals surface area contributed by atoms with Gasteiger partial charge in [-0.1, -0.05) is 6.58 Å². The summed E-state index contributed by atoms with van der Waals surface area (Å²) in [6.45, 7) is 5.79. The number of esters is 1. The summed E-state index contributed by atoms with van der Waals surface area (Å²) in [5.74, 6) is -0.398. The van der Waals surface area contributed by atoms with Gasteiger partial charge in [-0.2, -0.15) is 0 Å². The van der Waals surface area contributed by atoms with E-state index in [-0.39, 0.29) is 12.6 Å². The van der Waals surface area contributed by atoms with E-state index in [1.165, 1.54) is 7.05 Å². The predicted molar refractivity (Wildman–Crippen MR) is 52.8 cm³/mol. The zero-order valence-electron chi connectivity index (χ0n) is 8.55. The number of ether oxygens (including phenoxy) is 1. The third-order valence-corrected chi connectivity index (χ3v) is 1.42. The van der Waals surface area contributed by atoms with Crippen molar-refractivity contribution in [3.05, 3.63) is 12.2 Å². The molecule has 0 unspecified atom stereocenters. The van der Waals surface area contributed by atoms with Crippen LogP contribution in [-0.2, 0) is 9.53 Å². The summed E-state index contributed by atoms with van der Waals surface area (Å²) in [4.78, 5) is 21.5. The number of amides is 2. The summed E-state index contributed by atoms with van der Waals surface area (Å²) >= 11 is 0. The Morgan fingerprint density at radius 3 is 2.57 bits per heavy atom. The highest BCUT2D eigenvalue weighted by molar-refractivity contribution is 5.86. The predicted octanol–water partition coefficient (Wildman–Crippen LogP) is 0.425. The number of carbonyl (C=O) groups excluding carboxylic acids is 2. The molecule has 14 heavy (non-hydrogen) atoms. The molecule has 0 aliphatic heterocycles. The van der Waals surface area contributed by atoms with Gasteiger partial charge in [0.15, 0.2) is 0 Å². The van der Waals surface area contributed by atoms with Gasteiger partial charge in [-0.15, -0.1) is 0 Å². The third-order valence-electron chi connectivity index (χ3n) is 1.42. The monoisotopic (exact) mass is 200 g/mol. The molecule has 0 aromatic carbocycles. The van der Waals surface area contributed by atoms with E-state index >= 15 is 0 Å². The lowest BCUT2D eigenvalue weighted by atomic mass is 10.3. The first-order valence-electron chi connectivity index (χ1n) is 4.36. The van der Waals surface area contributed by atoms with E-state index in [0.717, 1.165) is 0 Å². The molecule has 0 aromatic heterocycles. The van der Waals surface area contributed by atoms with E-state index in [0.29, 0.717) is 18.5 Å². The van der Waals surface area contributed by atoms with Gasteiger partial charge < -0.3 is 15.4 Å². The van der Waals surface area contributed by atoms with Crippen molar-refractivity contribution >= 4 is 12.0 Å². The molecular weight excluding hydrogens is 184 g/mol. The first-order chi connectivity index (χ1) is 6.57. The molecule has 0 saturated carbocycles. The molecule has 5 heteroatoms. The van der Waals surface area contributed by atoms with Crippen molar-refractivity contribution < 1.29 is 14.3 Å². The maximum Gasteiger partial charge on any atom is 0.333 e. The molecule has 0 bridgehead atoms. The second kappa shape index (κ2) is 6.94. The van der Waals surface area contributed by atoms with Gasteiger partial charge in [0.05, 0.1) is 6.61 Å². The van der Waals surface area contributed by atoms with Gasteiger partial charge in [0.25, 0.3) is 0 Å². The molecule has 0 aliphatic rings. The van der Waals surface area contributed by atoms with Gasteiger partial charge in [-0.3, -0.25) is 0 Å². The van der Waals surface area contributed by atoms with Crippen LogP contribution in [0.15, 0.2) is 12.2 Å². The summed E-state index contributed by atoms with van der Waals surface area (Å²) in [7, 11) is 1.54. The van der Waals surface area contributed by atoms with E-state index in [2.05, 4.69) is 17.2 Å². The number of hydrogen-bond donors (Lipinski definition) is 2. The van der Waals surface area contributed by atoms with Crippen LogP contribution in [0.2, 0.25) is 0 Å². The van der Waals surface area contributed by atoms with Gasteiger partial charge in [0, 0.05) is 19.2 Å². The molecule has 2 N–H and O–H groups in total. The molecule has 80 valence electrons. The van der Waals surface area contributed by atoms with Gasteiger partial charge in [0.2, 0.25) is 0 Å². The van der Waals surface area contributed by atoms with E-state index < -0.39 is 5.97 Å². The average molecular weight is 200 g/mol. The topological polar surface area (TPSA) is 67.4 Å². The van der Waals surface area contributed by atoms with Crippen LogP contribution in [-0.4, -0.2) is 32.2 Å². The van der Waals surface area contributed by atoms with Crippen molar-refractivity contribution in [1.29, 1.82) is 0 Å². The fraction of sp³-hybridized carbons (Fsp3) is 0.556. The van der Waals surface area contributed by atoms with E-state index in [9.17, 15) is 9.59 Å². The molecule has 0 aromatic rings. The quantitative estimate of drug-likeness (QED) is 0.384. The lowest BCUT2D eigenvalue weighted by molar-refractivity contribution is -0.138. The van der Waals surface area contributed by atoms with Crippen molar-refractivity contribution in [2.24, 2.45) is 0 Å². The van der Waals surface area contributed by atoms with E-state index in [1.807, 2.05) is 0 Å². The molecule has 0 fully saturated rings. The van der Waals surface area contributed by atoms with Crippen LogP contribution in [0.5, 0.6) is 0 Å². The highest BCUT2D eigenvalue weighted by atomic mass is 16.5. The molecular formula is C9H16N2O3. The minimum absolute atomic E-state index is 0.240. The Morgan fingerprint density at radius 2 is 2.07 bits per heavy atom. The van der Waals surface area contributed by atoms with Crippen LogP contribution in [0.4, 0.5) is 4.79 Å². The lowest BCUT2D eigenvalue weighted by Gasteiger charge is -2.05. The molecule has 0 spiro atoms. The summed E-state index contributed by atoms with van der Waals surface area (Å²) in [6, 6.07) is -0.240. The Balaban J connectivity index is 3.34. The van der Waals surface area contributed by atoms with Crippen molar-refractivity contribution in [3.8, 4) is 0 Å². The lowest BCUT2D eigenvalue weighted by Crippen LogP contribution is -2.33. The first kappa shape index (κ1) is 12.5. The number of rotatable bonds is 5. The van der Waals surface area contributed by atoms with Gasteiger partial charge in [-0.25, -0.2) is 9.59 Å². The second-order valence-electron chi connectivity index (χ2n) is 2.78. The van der Waals surface area contributed by atoms with Gasteiger partial charge >= 0.3 is 12.0 Å². The molecule has 0 rings (SSSR count). The molecule has 0 aliphatic carbocycles. The smallest absolute Gasteiger partial charge is 0.333 e. The first-order valence-corrected chi connectivity index (χ1v) is 4.36. The Labute approximate surface area is 83.5 Å². The van der Waals surface area contributed by atoms with Crippen molar-refractivity contribution in [1.82, 2.24) is 10.6 Å². The van der Waals surface area contributed by atoms with Crippen molar-refractivity contribution in [2.45, 2.75) is 13.3 Å². The van der Waals surface area contributed by atoms with Crippen LogP contribution in [0, 0.1) is 0 Å². The van der Waals surface area contributed by atoms with Crippen LogP contribution in [0.1, 0.15) is 13.3 Å². The second-order valence-corrected chi connectivity index (χ2v) is 2.78. The Morgan fingerprint density at radius 1 is 1.43 bits per heavy atom. The number of nitrogens with one attached hydrogen (secondary N) is 2. The zero-order chi connectivity index (χ0) is 11.0. The standard InChI is InChI=1S/C9H16N2O3/c1-7(2)8(12)14-6-4-5-11-9(13)10-3/h1,4-6H2,2-3H3,(H2,10,11,13). The van der Waals surface area contributed by atoms with Crippen LogP contribution >= 0.6 is 0 Å². The van der Waals surface area contributed by atoms with Gasteiger partial charge in [0.1, 0.15) is 0 Å². The van der Waals surface area contributed by atoms with Crippen LogP contribution < -0.4 is 10.6 Å². The Hall–Kier alpha value is -1.52. The summed E-state index contributed by atoms with van der Waals surface area (Å²) < 4.78 is 4.81. The fourth-order valence-electron chi connectivity index (χ4n) is 0.651. The summed E-state index contributed by atoms with van der Waals surface area (Å²) in [5, 5.41) is 4.98. The normalized spacial score (nSPS) is 9.00. The minimum atomic E-state index is -0.398. The molecule has 0 saturated heterocycles. The third kappa shape index (κ3) is 6.05. The van der Waals surface area contributed by atoms with E-state index in [1.54, 1.807) is 6.92 Å². The highest BCUT2D eigenvalue weighted by Crippen LogP contribution is 1.92. The van der Waals surface area contributed by atoms with Gasteiger partial charge in [-0.05, 0) is 13.3 Å². The number of hydrogen-bond acceptors (Lipinski definition) is 3. The van der Waals surface area contributed by atoms with Crippen molar-refractivity contribution in [3.63, 3.8) is 0 Å². The minimum Gasteiger partial charge on any atom is -0.462 e. The SMILES string of the molecule is C=C(C)C(=O)OCCCNC(=O)NC. The molecule has 0 atom stereocenters. The Kier molecular flexibility index (Phi) is 6.19. The number of urea groups is 1. The summed E-state index contributed by atoms with van der Waals surface area (Å²) in [6.07, 6.45) is 0.590. The van der Waals surface area contributed by atoms with Crippen molar-refractivity contribution in [2.75, 3.05) is 20.2 Å². The fourth-order valence-corrected chi connectivity index (χ4v) is 0.651. The molecule has 0 radical (unpaired) electrons. The summed E-state index contributed by atoms with van der Waals surface area (Å²) in [5.41, 5.74) is 0.379. The molecule has 5 nitrogen and oxygen atoms in total. The van der Waals surface area contributed by atoms with Crippen LogP contribution in [0.25, 0.3) is 0 Å². The van der Waals surface area contributed by atoms with E-state index in [4.69, 9.17) is 4.74 Å². The average Bonchev–Trinajstić information content (AvgIpc) is 2.16. The highest BCUT2D eigenvalue weighted by Gasteiger charge is 2.02. The molecule has 0 heterocycles.